The van der Waals surface area contributed by atoms with E-state index in [1.54, 1.807) is 6.07 Å². The highest BCUT2D eigenvalue weighted by Gasteiger charge is 2.18. The first-order chi connectivity index (χ1) is 13.3. The molecule has 0 saturated carbocycles. The van der Waals surface area contributed by atoms with Gasteiger partial charge in [0.1, 0.15) is 11.1 Å². The summed E-state index contributed by atoms with van der Waals surface area (Å²) in [6.45, 7) is 6.38. The van der Waals surface area contributed by atoms with Crippen LogP contribution in [0.5, 0.6) is 5.75 Å². The first-order valence-corrected chi connectivity index (χ1v) is 8.80. The highest BCUT2D eigenvalue weighted by atomic mass is 16.7. The minimum atomic E-state index is -1.54. The van der Waals surface area contributed by atoms with Crippen molar-refractivity contribution >= 4 is 23.1 Å². The molecule has 0 unspecified atom stereocenters. The maximum Gasteiger partial charge on any atom is 0.511 e. The van der Waals surface area contributed by atoms with E-state index in [1.165, 1.54) is 12.1 Å². The minimum absolute atomic E-state index is 0.00110. The number of amides is 1. The van der Waals surface area contributed by atoms with Crippen LogP contribution in [0.15, 0.2) is 41.2 Å². The van der Waals surface area contributed by atoms with E-state index in [-0.39, 0.29) is 17.7 Å². The number of aromatic nitrogens is 2. The molecule has 28 heavy (non-hydrogen) atoms. The summed E-state index contributed by atoms with van der Waals surface area (Å²) in [6, 6.07) is 9.77. The molecule has 0 bridgehead atoms. The SMILES string of the molecule is Cc1cccc(C(C)C)c1CNC(=O)n1[nH]c2cccc(OC(=O)O)c2c1=O. The Labute approximate surface area is 160 Å². The van der Waals surface area contributed by atoms with E-state index in [1.807, 2.05) is 25.1 Å². The molecular weight excluding hydrogens is 362 g/mol. The van der Waals surface area contributed by atoms with Gasteiger partial charge in [0.25, 0.3) is 5.56 Å². The van der Waals surface area contributed by atoms with Gasteiger partial charge < -0.3 is 15.2 Å². The monoisotopic (exact) mass is 383 g/mol. The Hall–Kier alpha value is -3.55. The van der Waals surface area contributed by atoms with Gasteiger partial charge in [0.05, 0.1) is 5.52 Å². The second-order valence-corrected chi connectivity index (χ2v) is 6.76. The van der Waals surface area contributed by atoms with Gasteiger partial charge in [-0.15, -0.1) is 0 Å². The Morgan fingerprint density at radius 1 is 1.21 bits per heavy atom. The number of hydrogen-bond acceptors (Lipinski definition) is 4. The van der Waals surface area contributed by atoms with Crippen molar-refractivity contribution in [3.05, 3.63) is 63.4 Å². The van der Waals surface area contributed by atoms with Gasteiger partial charge in [-0.05, 0) is 41.7 Å². The molecule has 146 valence electrons. The summed E-state index contributed by atoms with van der Waals surface area (Å²) < 4.78 is 5.45. The van der Waals surface area contributed by atoms with Gasteiger partial charge >= 0.3 is 12.2 Å². The molecule has 1 amide bonds. The van der Waals surface area contributed by atoms with Crippen molar-refractivity contribution in [2.45, 2.75) is 33.2 Å². The van der Waals surface area contributed by atoms with Gasteiger partial charge in [-0.1, -0.05) is 38.1 Å². The number of ether oxygens (including phenoxy) is 1. The first kappa shape index (κ1) is 19.2. The van der Waals surface area contributed by atoms with E-state index in [9.17, 15) is 14.4 Å². The van der Waals surface area contributed by atoms with Crippen LogP contribution in [0.2, 0.25) is 0 Å². The smallest absolute Gasteiger partial charge is 0.449 e. The van der Waals surface area contributed by atoms with Gasteiger partial charge in [0.2, 0.25) is 0 Å². The van der Waals surface area contributed by atoms with Crippen molar-refractivity contribution in [1.29, 1.82) is 0 Å². The average molecular weight is 383 g/mol. The lowest BCUT2D eigenvalue weighted by Gasteiger charge is -2.16. The molecule has 8 nitrogen and oxygen atoms in total. The molecule has 8 heteroatoms. The molecule has 3 N–H and O–H groups in total. The van der Waals surface area contributed by atoms with E-state index in [2.05, 4.69) is 29.0 Å². The molecule has 3 aromatic rings. The number of carboxylic acid groups (broad SMARTS) is 1. The van der Waals surface area contributed by atoms with Crippen molar-refractivity contribution in [1.82, 2.24) is 15.1 Å². The normalized spacial score (nSPS) is 11.0. The summed E-state index contributed by atoms with van der Waals surface area (Å²) in [5.41, 5.74) is 2.80. The predicted octanol–water partition coefficient (Wildman–Crippen LogP) is 3.58. The molecule has 0 aliphatic carbocycles. The van der Waals surface area contributed by atoms with Crippen molar-refractivity contribution < 1.29 is 19.4 Å². The number of H-pyrrole nitrogens is 1. The van der Waals surface area contributed by atoms with Crippen LogP contribution in [0.1, 0.15) is 36.5 Å². The highest BCUT2D eigenvalue weighted by molar-refractivity contribution is 5.89. The maximum absolute atomic E-state index is 12.6. The second kappa shape index (κ2) is 7.59. The molecule has 0 fully saturated rings. The number of rotatable bonds is 4. The number of aryl methyl sites for hydroxylation is 1. The molecule has 3 rings (SSSR count). The number of aromatic amines is 1. The highest BCUT2D eigenvalue weighted by Crippen LogP contribution is 2.23. The molecule has 0 radical (unpaired) electrons. The zero-order valence-corrected chi connectivity index (χ0v) is 15.8. The van der Waals surface area contributed by atoms with Crippen molar-refractivity contribution in [2.24, 2.45) is 0 Å². The van der Waals surface area contributed by atoms with Crippen molar-refractivity contribution in [3.8, 4) is 5.75 Å². The van der Waals surface area contributed by atoms with E-state index >= 15 is 0 Å². The molecule has 0 spiro atoms. The lowest BCUT2D eigenvalue weighted by atomic mass is 9.94. The number of nitrogens with zero attached hydrogens (tertiary/aromatic N) is 1. The summed E-state index contributed by atoms with van der Waals surface area (Å²) in [4.78, 5) is 36.0. The molecule has 0 atom stereocenters. The van der Waals surface area contributed by atoms with Gasteiger partial charge in [0, 0.05) is 6.54 Å². The molecule has 1 heterocycles. The molecule has 1 aromatic heterocycles. The Bertz CT molecular complexity index is 1110. The Balaban J connectivity index is 1.91. The first-order valence-electron chi connectivity index (χ1n) is 8.80. The summed E-state index contributed by atoms with van der Waals surface area (Å²) >= 11 is 0. The van der Waals surface area contributed by atoms with Gasteiger partial charge in [0.15, 0.2) is 0 Å². The van der Waals surface area contributed by atoms with Crippen LogP contribution in [-0.2, 0) is 6.54 Å². The minimum Gasteiger partial charge on any atom is -0.449 e. The van der Waals surface area contributed by atoms with Crippen LogP contribution in [0, 0.1) is 6.92 Å². The van der Waals surface area contributed by atoms with E-state index < -0.39 is 17.7 Å². The fraction of sp³-hybridized carbons (Fsp3) is 0.250. The summed E-state index contributed by atoms with van der Waals surface area (Å²) in [5.74, 6) is 0.164. The zero-order chi connectivity index (χ0) is 20.4. The number of nitrogens with one attached hydrogen (secondary N) is 2. The third-order valence-corrected chi connectivity index (χ3v) is 4.56. The van der Waals surface area contributed by atoms with Crippen molar-refractivity contribution in [2.75, 3.05) is 0 Å². The molecule has 0 saturated heterocycles. The van der Waals surface area contributed by atoms with Crippen LogP contribution in [0.25, 0.3) is 10.9 Å². The van der Waals surface area contributed by atoms with Crippen molar-refractivity contribution in [3.63, 3.8) is 0 Å². The maximum atomic E-state index is 12.6. The Morgan fingerprint density at radius 3 is 2.61 bits per heavy atom. The molecular formula is C20H21N3O5. The topological polar surface area (TPSA) is 113 Å². The van der Waals surface area contributed by atoms with Gasteiger partial charge in [-0.3, -0.25) is 9.89 Å². The van der Waals surface area contributed by atoms with Crippen LogP contribution in [0.3, 0.4) is 0 Å². The fourth-order valence-electron chi connectivity index (χ4n) is 3.20. The second-order valence-electron chi connectivity index (χ2n) is 6.76. The van der Waals surface area contributed by atoms with Gasteiger partial charge in [-0.2, -0.15) is 4.68 Å². The third kappa shape index (κ3) is 3.62. The van der Waals surface area contributed by atoms with E-state index in [0.717, 1.165) is 21.4 Å². The number of carbonyl (C=O) groups is 2. The molecule has 2 aromatic carbocycles. The Morgan fingerprint density at radius 2 is 1.93 bits per heavy atom. The van der Waals surface area contributed by atoms with E-state index in [0.29, 0.717) is 11.4 Å². The lowest BCUT2D eigenvalue weighted by Crippen LogP contribution is -2.35. The van der Waals surface area contributed by atoms with Gasteiger partial charge in [-0.25, -0.2) is 9.59 Å². The molecule has 0 aliphatic heterocycles. The third-order valence-electron chi connectivity index (χ3n) is 4.56. The largest absolute Gasteiger partial charge is 0.511 e. The summed E-state index contributed by atoms with van der Waals surface area (Å²) in [7, 11) is 0. The van der Waals surface area contributed by atoms with Crippen LogP contribution in [0.4, 0.5) is 9.59 Å². The van der Waals surface area contributed by atoms with Crippen LogP contribution < -0.4 is 15.6 Å². The number of carbonyl (C=O) groups excluding carboxylic acids is 1. The number of fused-ring (bicyclic) bond motifs is 1. The lowest BCUT2D eigenvalue weighted by molar-refractivity contribution is 0.145. The number of hydrogen-bond donors (Lipinski definition) is 3. The summed E-state index contributed by atoms with van der Waals surface area (Å²) in [5, 5.41) is 14.3. The standard InChI is InChI=1S/C20H21N3O5/c1-11(2)13-7-4-6-12(3)14(13)10-21-19(25)23-18(24)17-15(22-23)8-5-9-16(17)28-20(26)27/h4-9,11,22H,10H2,1-3H3,(H,21,25)(H,26,27). The summed E-state index contributed by atoms with van der Waals surface area (Å²) in [6.07, 6.45) is -1.54. The molecule has 0 aliphatic rings. The van der Waals surface area contributed by atoms with E-state index in [4.69, 9.17) is 5.11 Å². The fourth-order valence-corrected chi connectivity index (χ4v) is 3.20. The zero-order valence-electron chi connectivity index (χ0n) is 15.8. The van der Waals surface area contributed by atoms with Crippen LogP contribution >= 0.6 is 0 Å². The Kier molecular flexibility index (Phi) is 5.21. The van der Waals surface area contributed by atoms with Crippen LogP contribution in [-0.4, -0.2) is 27.1 Å². The quantitative estimate of drug-likeness (QED) is 0.471. The average Bonchev–Trinajstić information content (AvgIpc) is 2.97. The predicted molar refractivity (Wildman–Crippen MR) is 104 cm³/mol. The number of benzene rings is 2.